The van der Waals surface area contributed by atoms with Gasteiger partial charge in [-0.25, -0.2) is 0 Å². The van der Waals surface area contributed by atoms with E-state index in [1.807, 2.05) is 31.2 Å². The molecule has 0 atom stereocenters. The average molecular weight is 349 g/mol. The van der Waals surface area contributed by atoms with Gasteiger partial charge in [0.25, 0.3) is 0 Å². The molecule has 132 valence electrons. The molecular weight excluding hydrogens is 331 g/mol. The average Bonchev–Trinajstić information content (AvgIpc) is 2.59. The quantitative estimate of drug-likeness (QED) is 0.784. The Labute approximate surface area is 144 Å². The largest absolute Gasteiger partial charge is 0.493 e. The van der Waals surface area contributed by atoms with Gasteiger partial charge in [0, 0.05) is 18.2 Å². The second-order valence-corrected chi connectivity index (χ2v) is 5.22. The number of carbonyl (C=O) groups excluding carboxylic acids is 1. The fourth-order valence-electron chi connectivity index (χ4n) is 2.13. The number of nitrogens with one attached hydrogen (secondary N) is 1. The van der Waals surface area contributed by atoms with Gasteiger partial charge in [0.05, 0.1) is 12.2 Å². The van der Waals surface area contributed by atoms with E-state index in [1.165, 1.54) is 18.2 Å². The van der Waals surface area contributed by atoms with Crippen LogP contribution in [-0.2, 0) is 17.5 Å². The van der Waals surface area contributed by atoms with Crippen LogP contribution in [0.25, 0.3) is 6.08 Å². The number of hydrogen-bond donors (Lipinski definition) is 1. The SMILES string of the molecule is CCOc1ccccc1/C=C/C(=O)NCc1ccc(C(F)(F)F)cc1. The van der Waals surface area contributed by atoms with E-state index in [4.69, 9.17) is 4.74 Å². The Bertz CT molecular complexity index is 737. The molecule has 0 saturated carbocycles. The fourth-order valence-corrected chi connectivity index (χ4v) is 2.13. The van der Waals surface area contributed by atoms with Gasteiger partial charge in [-0.2, -0.15) is 13.2 Å². The maximum atomic E-state index is 12.5. The predicted molar refractivity (Wildman–Crippen MR) is 89.9 cm³/mol. The van der Waals surface area contributed by atoms with Crippen LogP contribution in [0.1, 0.15) is 23.6 Å². The van der Waals surface area contributed by atoms with Crippen LogP contribution in [-0.4, -0.2) is 12.5 Å². The van der Waals surface area contributed by atoms with Crippen molar-refractivity contribution in [3.8, 4) is 5.75 Å². The van der Waals surface area contributed by atoms with Crippen molar-refractivity contribution in [3.63, 3.8) is 0 Å². The summed E-state index contributed by atoms with van der Waals surface area (Å²) in [6.45, 7) is 2.54. The van der Waals surface area contributed by atoms with Gasteiger partial charge < -0.3 is 10.1 Å². The summed E-state index contributed by atoms with van der Waals surface area (Å²) in [6.07, 6.45) is -1.37. The minimum Gasteiger partial charge on any atom is -0.493 e. The van der Waals surface area contributed by atoms with Crippen molar-refractivity contribution in [2.45, 2.75) is 19.6 Å². The van der Waals surface area contributed by atoms with Gasteiger partial charge in [-0.15, -0.1) is 0 Å². The minimum absolute atomic E-state index is 0.147. The molecule has 0 aliphatic carbocycles. The molecule has 3 nitrogen and oxygen atoms in total. The molecule has 1 amide bonds. The molecule has 0 bridgehead atoms. The van der Waals surface area contributed by atoms with Crippen LogP contribution in [0.15, 0.2) is 54.6 Å². The van der Waals surface area contributed by atoms with Crippen LogP contribution in [0, 0.1) is 0 Å². The Morgan fingerprint density at radius 1 is 1.12 bits per heavy atom. The summed E-state index contributed by atoms with van der Waals surface area (Å²) in [5.74, 6) is 0.336. The molecule has 0 aliphatic heterocycles. The van der Waals surface area contributed by atoms with Crippen molar-refractivity contribution in [2.24, 2.45) is 0 Å². The molecule has 2 rings (SSSR count). The van der Waals surface area contributed by atoms with Crippen LogP contribution in [0.5, 0.6) is 5.75 Å². The van der Waals surface area contributed by atoms with E-state index < -0.39 is 11.7 Å². The minimum atomic E-state index is -4.36. The number of alkyl halides is 3. The van der Waals surface area contributed by atoms with Crippen molar-refractivity contribution in [1.82, 2.24) is 5.32 Å². The topological polar surface area (TPSA) is 38.3 Å². The first-order valence-electron chi connectivity index (χ1n) is 7.74. The molecule has 2 aromatic rings. The lowest BCUT2D eigenvalue weighted by molar-refractivity contribution is -0.137. The molecule has 0 fully saturated rings. The number of halogens is 3. The van der Waals surface area contributed by atoms with Gasteiger partial charge in [0.2, 0.25) is 5.91 Å². The number of ether oxygens (including phenoxy) is 1. The van der Waals surface area contributed by atoms with E-state index in [0.717, 1.165) is 17.7 Å². The summed E-state index contributed by atoms with van der Waals surface area (Å²) < 4.78 is 42.9. The number of para-hydroxylation sites is 1. The Morgan fingerprint density at radius 2 is 1.80 bits per heavy atom. The monoisotopic (exact) mass is 349 g/mol. The third kappa shape index (κ3) is 5.67. The Hall–Kier alpha value is -2.76. The van der Waals surface area contributed by atoms with Gasteiger partial charge in [-0.05, 0) is 36.8 Å². The highest BCUT2D eigenvalue weighted by molar-refractivity contribution is 5.92. The second kappa shape index (κ2) is 8.37. The van der Waals surface area contributed by atoms with Crippen molar-refractivity contribution in [2.75, 3.05) is 6.61 Å². The summed E-state index contributed by atoms with van der Waals surface area (Å²) in [5.41, 5.74) is 0.647. The van der Waals surface area contributed by atoms with Gasteiger partial charge in [0.1, 0.15) is 5.75 Å². The van der Waals surface area contributed by atoms with Crippen LogP contribution < -0.4 is 10.1 Å². The fraction of sp³-hybridized carbons (Fsp3) is 0.211. The van der Waals surface area contributed by atoms with Crippen LogP contribution in [0.2, 0.25) is 0 Å². The normalized spacial score (nSPS) is 11.5. The van der Waals surface area contributed by atoms with Crippen LogP contribution in [0.3, 0.4) is 0 Å². The second-order valence-electron chi connectivity index (χ2n) is 5.22. The number of carbonyl (C=O) groups is 1. The van der Waals surface area contributed by atoms with Gasteiger partial charge >= 0.3 is 6.18 Å². The highest BCUT2D eigenvalue weighted by Gasteiger charge is 2.29. The third-order valence-electron chi connectivity index (χ3n) is 3.38. The molecule has 1 N–H and O–H groups in total. The van der Waals surface area contributed by atoms with Crippen molar-refractivity contribution >= 4 is 12.0 Å². The molecule has 0 spiro atoms. The molecule has 25 heavy (non-hydrogen) atoms. The van der Waals surface area contributed by atoms with E-state index in [2.05, 4.69) is 5.32 Å². The van der Waals surface area contributed by atoms with E-state index in [9.17, 15) is 18.0 Å². The number of hydrogen-bond acceptors (Lipinski definition) is 2. The van der Waals surface area contributed by atoms with Gasteiger partial charge in [-0.1, -0.05) is 30.3 Å². The molecule has 0 unspecified atom stereocenters. The van der Waals surface area contributed by atoms with Crippen molar-refractivity contribution < 1.29 is 22.7 Å². The zero-order valence-electron chi connectivity index (χ0n) is 13.6. The highest BCUT2D eigenvalue weighted by Crippen LogP contribution is 2.29. The van der Waals surface area contributed by atoms with Crippen molar-refractivity contribution in [1.29, 1.82) is 0 Å². The lowest BCUT2D eigenvalue weighted by Crippen LogP contribution is -2.20. The predicted octanol–water partition coefficient (Wildman–Crippen LogP) is 4.43. The Kier molecular flexibility index (Phi) is 6.22. The first-order valence-corrected chi connectivity index (χ1v) is 7.74. The van der Waals surface area contributed by atoms with Gasteiger partial charge in [-0.3, -0.25) is 4.79 Å². The van der Waals surface area contributed by atoms with Crippen LogP contribution >= 0.6 is 0 Å². The molecule has 0 aromatic heterocycles. The summed E-state index contributed by atoms with van der Waals surface area (Å²) in [5, 5.41) is 2.63. The zero-order valence-corrected chi connectivity index (χ0v) is 13.6. The molecule has 0 saturated heterocycles. The summed E-state index contributed by atoms with van der Waals surface area (Å²) >= 11 is 0. The van der Waals surface area contributed by atoms with Gasteiger partial charge in [0.15, 0.2) is 0 Å². The Balaban J connectivity index is 1.92. The molecule has 0 heterocycles. The zero-order chi connectivity index (χ0) is 18.3. The summed E-state index contributed by atoms with van der Waals surface area (Å²) in [6, 6.07) is 12.0. The number of rotatable bonds is 6. The first-order chi connectivity index (χ1) is 11.9. The van der Waals surface area contributed by atoms with E-state index in [0.29, 0.717) is 17.9 Å². The maximum absolute atomic E-state index is 12.5. The lowest BCUT2D eigenvalue weighted by atomic mass is 10.1. The smallest absolute Gasteiger partial charge is 0.416 e. The number of amides is 1. The summed E-state index contributed by atoms with van der Waals surface area (Å²) in [4.78, 5) is 11.9. The van der Waals surface area contributed by atoms with E-state index in [1.54, 1.807) is 6.08 Å². The summed E-state index contributed by atoms with van der Waals surface area (Å²) in [7, 11) is 0. The van der Waals surface area contributed by atoms with E-state index in [-0.39, 0.29) is 12.5 Å². The molecule has 0 radical (unpaired) electrons. The highest BCUT2D eigenvalue weighted by atomic mass is 19.4. The van der Waals surface area contributed by atoms with E-state index >= 15 is 0 Å². The van der Waals surface area contributed by atoms with Crippen LogP contribution in [0.4, 0.5) is 13.2 Å². The molecule has 6 heteroatoms. The molecular formula is C19H18F3NO2. The first kappa shape index (κ1) is 18.6. The lowest BCUT2D eigenvalue weighted by Gasteiger charge is -2.08. The standard InChI is InChI=1S/C19H18F3NO2/c1-2-25-17-6-4-3-5-15(17)9-12-18(24)23-13-14-7-10-16(11-8-14)19(20,21)22/h3-12H,2,13H2,1H3,(H,23,24)/b12-9+. The molecule has 2 aromatic carbocycles. The number of benzene rings is 2. The Morgan fingerprint density at radius 3 is 2.44 bits per heavy atom. The van der Waals surface area contributed by atoms with Crippen molar-refractivity contribution in [3.05, 3.63) is 71.3 Å². The molecule has 0 aliphatic rings. The maximum Gasteiger partial charge on any atom is 0.416 e. The third-order valence-corrected chi connectivity index (χ3v) is 3.38.